The minimum atomic E-state index is -1.09. The van der Waals surface area contributed by atoms with E-state index >= 15 is 0 Å². The van der Waals surface area contributed by atoms with Crippen LogP contribution in [-0.2, 0) is 0 Å². The molecule has 0 saturated heterocycles. The van der Waals surface area contributed by atoms with Gasteiger partial charge in [0.2, 0.25) is 0 Å². The molecule has 0 aliphatic carbocycles. The van der Waals surface area contributed by atoms with Crippen molar-refractivity contribution in [2.75, 3.05) is 0 Å². The molecular weight excluding hydrogens is 190 g/mol. The fourth-order valence-corrected chi connectivity index (χ4v) is 1.11. The third kappa shape index (κ3) is 2.18. The molecule has 1 N–H and O–H groups in total. The van der Waals surface area contributed by atoms with Crippen molar-refractivity contribution in [3.63, 3.8) is 0 Å². The first-order valence-corrected chi connectivity index (χ1v) is 4.30. The SMILES string of the molecule is CC(C)c1ccc(Cl)c(C(=O)O)n1. The summed E-state index contributed by atoms with van der Waals surface area (Å²) >= 11 is 5.65. The molecule has 70 valence electrons. The highest BCUT2D eigenvalue weighted by Crippen LogP contribution is 2.18. The van der Waals surface area contributed by atoms with Gasteiger partial charge in [0.1, 0.15) is 0 Å². The zero-order chi connectivity index (χ0) is 10.0. The highest BCUT2D eigenvalue weighted by molar-refractivity contribution is 6.33. The van der Waals surface area contributed by atoms with E-state index in [0.717, 1.165) is 5.69 Å². The Morgan fingerprint density at radius 1 is 1.54 bits per heavy atom. The van der Waals surface area contributed by atoms with E-state index in [-0.39, 0.29) is 16.6 Å². The molecule has 1 rings (SSSR count). The van der Waals surface area contributed by atoms with Crippen molar-refractivity contribution >= 4 is 17.6 Å². The summed E-state index contributed by atoms with van der Waals surface area (Å²) in [5.74, 6) is -0.886. The highest BCUT2D eigenvalue weighted by Gasteiger charge is 2.12. The first-order chi connectivity index (χ1) is 6.02. The Bertz CT molecular complexity index is 336. The second kappa shape index (κ2) is 3.75. The average molecular weight is 200 g/mol. The number of hydrogen-bond acceptors (Lipinski definition) is 2. The van der Waals surface area contributed by atoms with Crippen LogP contribution in [-0.4, -0.2) is 16.1 Å². The van der Waals surface area contributed by atoms with Crippen molar-refractivity contribution in [3.8, 4) is 0 Å². The molecule has 0 spiro atoms. The zero-order valence-electron chi connectivity index (χ0n) is 7.41. The molecule has 0 aliphatic rings. The van der Waals surface area contributed by atoms with Crippen LogP contribution in [0.4, 0.5) is 0 Å². The summed E-state index contributed by atoms with van der Waals surface area (Å²) in [7, 11) is 0. The number of aromatic carboxylic acids is 1. The fourth-order valence-electron chi connectivity index (χ4n) is 0.929. The Kier molecular flexibility index (Phi) is 2.88. The molecule has 0 saturated carbocycles. The van der Waals surface area contributed by atoms with Gasteiger partial charge >= 0.3 is 5.97 Å². The number of aromatic nitrogens is 1. The molecule has 4 heteroatoms. The number of carboxylic acids is 1. The van der Waals surface area contributed by atoms with Crippen molar-refractivity contribution in [2.45, 2.75) is 19.8 Å². The van der Waals surface area contributed by atoms with Crippen LogP contribution in [0.5, 0.6) is 0 Å². The number of rotatable bonds is 2. The van der Waals surface area contributed by atoms with Crippen LogP contribution in [0.2, 0.25) is 5.02 Å². The molecule has 1 heterocycles. The quantitative estimate of drug-likeness (QED) is 0.797. The van der Waals surface area contributed by atoms with Crippen LogP contribution in [0.25, 0.3) is 0 Å². The van der Waals surface area contributed by atoms with Crippen molar-refractivity contribution in [2.24, 2.45) is 0 Å². The number of hydrogen-bond donors (Lipinski definition) is 1. The molecule has 0 aromatic carbocycles. The fraction of sp³-hybridized carbons (Fsp3) is 0.333. The number of pyridine rings is 1. The molecule has 0 aliphatic heterocycles. The summed E-state index contributed by atoms with van der Waals surface area (Å²) < 4.78 is 0. The maximum atomic E-state index is 10.6. The summed E-state index contributed by atoms with van der Waals surface area (Å²) in [6.07, 6.45) is 0. The Morgan fingerprint density at radius 3 is 2.62 bits per heavy atom. The predicted molar refractivity (Wildman–Crippen MR) is 50.3 cm³/mol. The molecular formula is C9H10ClNO2. The van der Waals surface area contributed by atoms with Crippen molar-refractivity contribution in [3.05, 3.63) is 28.5 Å². The largest absolute Gasteiger partial charge is 0.476 e. The molecule has 0 atom stereocenters. The van der Waals surface area contributed by atoms with Crippen LogP contribution in [0.3, 0.4) is 0 Å². The van der Waals surface area contributed by atoms with E-state index in [2.05, 4.69) is 4.98 Å². The van der Waals surface area contributed by atoms with Gasteiger partial charge in [-0.2, -0.15) is 0 Å². The Labute approximate surface area is 81.4 Å². The van der Waals surface area contributed by atoms with Gasteiger partial charge in [0, 0.05) is 5.69 Å². The number of carbonyl (C=O) groups is 1. The van der Waals surface area contributed by atoms with Gasteiger partial charge in [0.05, 0.1) is 5.02 Å². The maximum absolute atomic E-state index is 10.6. The summed E-state index contributed by atoms with van der Waals surface area (Å²) in [5.41, 5.74) is 0.662. The average Bonchev–Trinajstić information content (AvgIpc) is 2.04. The standard InChI is InChI=1S/C9H10ClNO2/c1-5(2)7-4-3-6(10)8(11-7)9(12)13/h3-5H,1-2H3,(H,12,13). The summed E-state index contributed by atoms with van der Waals surface area (Å²) in [4.78, 5) is 14.6. The van der Waals surface area contributed by atoms with E-state index in [0.29, 0.717) is 0 Å². The minimum Gasteiger partial charge on any atom is -0.476 e. The van der Waals surface area contributed by atoms with Crippen LogP contribution in [0.15, 0.2) is 12.1 Å². The van der Waals surface area contributed by atoms with Crippen molar-refractivity contribution in [1.82, 2.24) is 4.98 Å². The number of nitrogens with zero attached hydrogens (tertiary/aromatic N) is 1. The molecule has 3 nitrogen and oxygen atoms in total. The monoisotopic (exact) mass is 199 g/mol. The van der Waals surface area contributed by atoms with Gasteiger partial charge in [0.15, 0.2) is 5.69 Å². The van der Waals surface area contributed by atoms with Gasteiger partial charge in [-0.05, 0) is 18.1 Å². The number of halogens is 1. The first-order valence-electron chi connectivity index (χ1n) is 3.92. The van der Waals surface area contributed by atoms with Gasteiger partial charge < -0.3 is 5.11 Å². The molecule has 1 aromatic rings. The molecule has 0 radical (unpaired) electrons. The van der Waals surface area contributed by atoms with E-state index in [4.69, 9.17) is 16.7 Å². The normalized spacial score (nSPS) is 10.5. The lowest BCUT2D eigenvalue weighted by molar-refractivity contribution is 0.0690. The Morgan fingerprint density at radius 2 is 2.15 bits per heavy atom. The lowest BCUT2D eigenvalue weighted by atomic mass is 10.1. The maximum Gasteiger partial charge on any atom is 0.356 e. The Balaban J connectivity index is 3.19. The van der Waals surface area contributed by atoms with Crippen LogP contribution < -0.4 is 0 Å². The molecule has 0 unspecified atom stereocenters. The topological polar surface area (TPSA) is 50.2 Å². The van der Waals surface area contributed by atoms with E-state index in [1.165, 1.54) is 0 Å². The second-order valence-corrected chi connectivity index (χ2v) is 3.43. The second-order valence-electron chi connectivity index (χ2n) is 3.03. The molecule has 13 heavy (non-hydrogen) atoms. The molecule has 0 amide bonds. The third-order valence-electron chi connectivity index (χ3n) is 1.66. The Hall–Kier alpha value is -1.09. The van der Waals surface area contributed by atoms with Gasteiger partial charge in [-0.25, -0.2) is 9.78 Å². The van der Waals surface area contributed by atoms with Gasteiger partial charge in [-0.15, -0.1) is 0 Å². The van der Waals surface area contributed by atoms with Crippen LogP contribution in [0.1, 0.15) is 35.9 Å². The first kappa shape index (κ1) is 9.99. The van der Waals surface area contributed by atoms with Crippen LogP contribution in [0, 0.1) is 0 Å². The van der Waals surface area contributed by atoms with E-state index in [1.54, 1.807) is 12.1 Å². The molecule has 1 aromatic heterocycles. The minimum absolute atomic E-state index is 0.0760. The predicted octanol–water partition coefficient (Wildman–Crippen LogP) is 2.56. The molecule has 0 bridgehead atoms. The van der Waals surface area contributed by atoms with E-state index in [9.17, 15) is 4.79 Å². The van der Waals surface area contributed by atoms with E-state index in [1.807, 2.05) is 13.8 Å². The lowest BCUT2D eigenvalue weighted by Crippen LogP contribution is -2.04. The smallest absolute Gasteiger partial charge is 0.356 e. The zero-order valence-corrected chi connectivity index (χ0v) is 8.17. The van der Waals surface area contributed by atoms with Gasteiger partial charge in [0.25, 0.3) is 0 Å². The third-order valence-corrected chi connectivity index (χ3v) is 1.97. The lowest BCUT2D eigenvalue weighted by Gasteiger charge is -2.05. The van der Waals surface area contributed by atoms with E-state index < -0.39 is 5.97 Å². The summed E-state index contributed by atoms with van der Waals surface area (Å²) in [5, 5.41) is 8.90. The van der Waals surface area contributed by atoms with Crippen molar-refractivity contribution < 1.29 is 9.90 Å². The van der Waals surface area contributed by atoms with Crippen molar-refractivity contribution in [1.29, 1.82) is 0 Å². The van der Waals surface area contributed by atoms with Gasteiger partial charge in [-0.3, -0.25) is 0 Å². The van der Waals surface area contributed by atoms with Crippen LogP contribution >= 0.6 is 11.6 Å². The highest BCUT2D eigenvalue weighted by atomic mass is 35.5. The number of carboxylic acid groups (broad SMARTS) is 1. The van der Waals surface area contributed by atoms with Gasteiger partial charge in [-0.1, -0.05) is 25.4 Å². The summed E-state index contributed by atoms with van der Waals surface area (Å²) in [6.45, 7) is 3.89. The summed E-state index contributed by atoms with van der Waals surface area (Å²) in [6, 6.07) is 3.30. The molecule has 0 fully saturated rings.